The first kappa shape index (κ1) is 15.5. The molecular formula is C15H12Cl2O4. The number of benzene rings is 2. The number of rotatable bonds is 5. The van der Waals surface area contributed by atoms with Gasteiger partial charge in [-0.3, -0.25) is 0 Å². The van der Waals surface area contributed by atoms with E-state index in [1.54, 1.807) is 13.2 Å². The normalized spacial score (nSPS) is 10.2. The summed E-state index contributed by atoms with van der Waals surface area (Å²) in [5.41, 5.74) is 0.699. The first-order valence-corrected chi connectivity index (χ1v) is 6.75. The zero-order chi connectivity index (χ0) is 15.4. The Labute approximate surface area is 131 Å². The number of carboxylic acid groups (broad SMARTS) is 1. The Balaban J connectivity index is 2.30. The van der Waals surface area contributed by atoms with E-state index in [4.69, 9.17) is 32.7 Å². The van der Waals surface area contributed by atoms with Gasteiger partial charge in [-0.05, 0) is 18.2 Å². The molecule has 0 fully saturated rings. The van der Waals surface area contributed by atoms with Gasteiger partial charge >= 0.3 is 5.97 Å². The largest absolute Gasteiger partial charge is 0.496 e. The number of hydrogen-bond acceptors (Lipinski definition) is 3. The maximum Gasteiger partial charge on any atom is 0.339 e. The van der Waals surface area contributed by atoms with Crippen LogP contribution in [0.1, 0.15) is 15.9 Å². The van der Waals surface area contributed by atoms with E-state index < -0.39 is 5.97 Å². The third kappa shape index (κ3) is 3.60. The fraction of sp³-hybridized carbons (Fsp3) is 0.133. The van der Waals surface area contributed by atoms with E-state index in [1.807, 2.05) is 18.2 Å². The number of halogens is 2. The van der Waals surface area contributed by atoms with Crippen LogP contribution in [-0.4, -0.2) is 18.2 Å². The topological polar surface area (TPSA) is 55.8 Å². The van der Waals surface area contributed by atoms with E-state index in [0.29, 0.717) is 5.75 Å². The zero-order valence-corrected chi connectivity index (χ0v) is 12.6. The highest BCUT2D eigenvalue weighted by atomic mass is 35.5. The van der Waals surface area contributed by atoms with Gasteiger partial charge in [-0.1, -0.05) is 41.4 Å². The van der Waals surface area contributed by atoms with Crippen LogP contribution in [0.4, 0.5) is 0 Å². The minimum Gasteiger partial charge on any atom is -0.496 e. The van der Waals surface area contributed by atoms with Crippen molar-refractivity contribution in [3.8, 4) is 11.5 Å². The van der Waals surface area contributed by atoms with E-state index >= 15 is 0 Å². The zero-order valence-electron chi connectivity index (χ0n) is 11.1. The monoisotopic (exact) mass is 326 g/mol. The molecule has 0 amide bonds. The number of carboxylic acids is 1. The molecule has 21 heavy (non-hydrogen) atoms. The molecule has 0 bridgehead atoms. The molecule has 2 rings (SSSR count). The van der Waals surface area contributed by atoms with Crippen molar-refractivity contribution in [1.29, 1.82) is 0 Å². The first-order chi connectivity index (χ1) is 10.0. The van der Waals surface area contributed by atoms with Crippen LogP contribution in [-0.2, 0) is 6.61 Å². The molecule has 0 aliphatic heterocycles. The summed E-state index contributed by atoms with van der Waals surface area (Å²) in [7, 11) is 1.55. The lowest BCUT2D eigenvalue weighted by Gasteiger charge is -2.13. The minimum absolute atomic E-state index is 0.0811. The van der Waals surface area contributed by atoms with Gasteiger partial charge in [0, 0.05) is 10.6 Å². The Bertz CT molecular complexity index is 671. The highest BCUT2D eigenvalue weighted by Gasteiger charge is 2.17. The van der Waals surface area contributed by atoms with Gasteiger partial charge in [0.05, 0.1) is 12.1 Å². The summed E-state index contributed by atoms with van der Waals surface area (Å²) in [4.78, 5) is 11.2. The lowest BCUT2D eigenvalue weighted by Crippen LogP contribution is -2.05. The van der Waals surface area contributed by atoms with E-state index in [2.05, 4.69) is 0 Å². The summed E-state index contributed by atoms with van der Waals surface area (Å²) in [6.45, 7) is 0.131. The molecule has 0 heterocycles. The molecule has 0 aromatic heterocycles. The second-order valence-corrected chi connectivity index (χ2v) is 5.01. The van der Waals surface area contributed by atoms with Gasteiger partial charge in [0.1, 0.15) is 17.9 Å². The van der Waals surface area contributed by atoms with Crippen molar-refractivity contribution in [2.75, 3.05) is 7.11 Å². The highest BCUT2D eigenvalue weighted by Crippen LogP contribution is 2.33. The summed E-state index contributed by atoms with van der Waals surface area (Å²) in [5, 5.41) is 9.58. The molecule has 0 atom stereocenters. The van der Waals surface area contributed by atoms with Crippen LogP contribution >= 0.6 is 23.2 Å². The van der Waals surface area contributed by atoms with Gasteiger partial charge in [0.15, 0.2) is 5.75 Å². The van der Waals surface area contributed by atoms with Crippen LogP contribution in [0.15, 0.2) is 36.4 Å². The average Bonchev–Trinajstić information content (AvgIpc) is 2.45. The molecule has 0 aliphatic carbocycles. The fourth-order valence-corrected chi connectivity index (χ4v) is 2.39. The molecule has 2 aromatic rings. The molecule has 0 saturated heterocycles. The molecule has 0 aliphatic rings. The lowest BCUT2D eigenvalue weighted by molar-refractivity contribution is 0.0691. The van der Waals surface area contributed by atoms with Crippen LogP contribution in [0.5, 0.6) is 11.5 Å². The van der Waals surface area contributed by atoms with Gasteiger partial charge in [-0.25, -0.2) is 4.79 Å². The smallest absolute Gasteiger partial charge is 0.339 e. The molecule has 0 radical (unpaired) electrons. The quantitative estimate of drug-likeness (QED) is 0.890. The number of hydrogen-bond donors (Lipinski definition) is 1. The standard InChI is InChI=1S/C15H12Cl2O4/c1-20-13-5-3-2-4-9(13)8-21-14-11(15(18)19)6-10(16)7-12(14)17/h2-7H,8H2,1H3,(H,18,19). The van der Waals surface area contributed by atoms with Crippen molar-refractivity contribution in [2.24, 2.45) is 0 Å². The fourth-order valence-electron chi connectivity index (χ4n) is 1.84. The number of para-hydroxylation sites is 1. The maximum atomic E-state index is 11.2. The van der Waals surface area contributed by atoms with Crippen LogP contribution in [0.3, 0.4) is 0 Å². The second-order valence-electron chi connectivity index (χ2n) is 4.17. The van der Waals surface area contributed by atoms with Gasteiger partial charge in [-0.15, -0.1) is 0 Å². The molecular weight excluding hydrogens is 315 g/mol. The van der Waals surface area contributed by atoms with E-state index in [1.165, 1.54) is 12.1 Å². The van der Waals surface area contributed by atoms with Gasteiger partial charge < -0.3 is 14.6 Å². The molecule has 4 nitrogen and oxygen atoms in total. The maximum absolute atomic E-state index is 11.2. The summed E-state index contributed by atoms with van der Waals surface area (Å²) in [5.74, 6) is -0.423. The Hall–Kier alpha value is -1.91. The summed E-state index contributed by atoms with van der Waals surface area (Å²) in [6.07, 6.45) is 0. The van der Waals surface area contributed by atoms with Gasteiger partial charge in [0.25, 0.3) is 0 Å². The predicted molar refractivity (Wildman–Crippen MR) is 80.7 cm³/mol. The third-order valence-corrected chi connectivity index (χ3v) is 3.30. The summed E-state index contributed by atoms with van der Waals surface area (Å²) in [6, 6.07) is 10.0. The van der Waals surface area contributed by atoms with Crippen LogP contribution in [0.2, 0.25) is 10.0 Å². The highest BCUT2D eigenvalue weighted by molar-refractivity contribution is 6.36. The first-order valence-electron chi connectivity index (χ1n) is 6.00. The summed E-state index contributed by atoms with van der Waals surface area (Å²) < 4.78 is 10.8. The van der Waals surface area contributed by atoms with Crippen LogP contribution < -0.4 is 9.47 Å². The Morgan fingerprint density at radius 3 is 2.62 bits per heavy atom. The molecule has 1 N–H and O–H groups in total. The molecule has 110 valence electrons. The van der Waals surface area contributed by atoms with Crippen molar-refractivity contribution in [3.05, 3.63) is 57.6 Å². The van der Waals surface area contributed by atoms with Crippen molar-refractivity contribution in [2.45, 2.75) is 6.61 Å². The molecule has 0 unspecified atom stereocenters. The lowest BCUT2D eigenvalue weighted by atomic mass is 10.2. The number of ether oxygens (including phenoxy) is 2. The van der Waals surface area contributed by atoms with Gasteiger partial charge in [0.2, 0.25) is 0 Å². The van der Waals surface area contributed by atoms with Crippen molar-refractivity contribution >= 4 is 29.2 Å². The molecule has 0 spiro atoms. The second kappa shape index (κ2) is 6.70. The summed E-state index contributed by atoms with van der Waals surface area (Å²) >= 11 is 11.8. The molecule has 2 aromatic carbocycles. The van der Waals surface area contributed by atoms with E-state index in [-0.39, 0.29) is 28.0 Å². The van der Waals surface area contributed by atoms with Crippen LogP contribution in [0, 0.1) is 0 Å². The molecule has 6 heteroatoms. The number of methoxy groups -OCH3 is 1. The van der Waals surface area contributed by atoms with Crippen molar-refractivity contribution < 1.29 is 19.4 Å². The Kier molecular flexibility index (Phi) is 4.94. The van der Waals surface area contributed by atoms with Crippen molar-refractivity contribution in [3.63, 3.8) is 0 Å². The van der Waals surface area contributed by atoms with E-state index in [9.17, 15) is 9.90 Å². The number of carbonyl (C=O) groups is 1. The number of aromatic carboxylic acids is 1. The molecule has 0 saturated carbocycles. The third-order valence-electron chi connectivity index (χ3n) is 2.80. The van der Waals surface area contributed by atoms with Gasteiger partial charge in [-0.2, -0.15) is 0 Å². The minimum atomic E-state index is -1.16. The Morgan fingerprint density at radius 2 is 1.95 bits per heavy atom. The Morgan fingerprint density at radius 1 is 1.24 bits per heavy atom. The van der Waals surface area contributed by atoms with E-state index in [0.717, 1.165) is 5.56 Å². The van der Waals surface area contributed by atoms with Crippen molar-refractivity contribution in [1.82, 2.24) is 0 Å². The predicted octanol–water partition coefficient (Wildman–Crippen LogP) is 4.28. The average molecular weight is 327 g/mol. The van der Waals surface area contributed by atoms with Crippen LogP contribution in [0.25, 0.3) is 0 Å². The SMILES string of the molecule is COc1ccccc1COc1c(Cl)cc(Cl)cc1C(=O)O.